The number of nitrogens with zero attached hydrogens (tertiary/aromatic N) is 1. The fraction of sp³-hybridized carbons (Fsp3) is 0. The fourth-order valence-electron chi connectivity index (χ4n) is 0.630. The van der Waals surface area contributed by atoms with E-state index in [2.05, 4.69) is 5.32 Å². The van der Waals surface area contributed by atoms with Crippen molar-refractivity contribution in [2.24, 2.45) is 0 Å². The van der Waals surface area contributed by atoms with E-state index in [4.69, 9.17) is 5.11 Å². The minimum Gasteiger partial charge on any atom is -0.506 e. The van der Waals surface area contributed by atoms with Gasteiger partial charge in [-0.2, -0.15) is 0 Å². The fourth-order valence-corrected chi connectivity index (χ4v) is 0.630. The molecule has 0 unspecified atom stereocenters. The Bertz CT molecular complexity index is 235. The van der Waals surface area contributed by atoms with E-state index < -0.39 is 0 Å². The first-order chi connectivity index (χ1) is 4.84. The van der Waals surface area contributed by atoms with Gasteiger partial charge in [0.25, 0.3) is 0 Å². The quantitative estimate of drug-likeness (QED) is 0.611. The smallest absolute Gasteiger partial charge is 0.233 e. The highest BCUT2D eigenvalue weighted by Gasteiger charge is 1.96. The third kappa shape index (κ3) is 1.25. The zero-order valence-corrected chi connectivity index (χ0v) is 5.19. The van der Waals surface area contributed by atoms with Gasteiger partial charge in [0.2, 0.25) is 6.41 Å². The number of rotatable bonds is 2. The maximum atomic E-state index is 9.85. The standard InChI is InChI=1S/C7H6NO2/c9-5-8-6-3-1-2-4-7(6)10/h1-5,10H. The predicted molar refractivity (Wildman–Crippen MR) is 36.0 cm³/mol. The summed E-state index contributed by atoms with van der Waals surface area (Å²) in [6.07, 6.45) is 0.398. The molecule has 1 aromatic rings. The van der Waals surface area contributed by atoms with Crippen LogP contribution >= 0.6 is 0 Å². The molecule has 0 aliphatic carbocycles. The van der Waals surface area contributed by atoms with Crippen LogP contribution in [0.15, 0.2) is 24.3 Å². The largest absolute Gasteiger partial charge is 0.506 e. The minimum atomic E-state index is 0.0228. The van der Waals surface area contributed by atoms with Gasteiger partial charge in [-0.3, -0.25) is 4.79 Å². The number of carbonyl (C=O) groups excluding carboxylic acids is 1. The maximum Gasteiger partial charge on any atom is 0.233 e. The van der Waals surface area contributed by atoms with Gasteiger partial charge in [0, 0.05) is 0 Å². The van der Waals surface area contributed by atoms with E-state index in [0.717, 1.165) is 0 Å². The molecule has 0 aliphatic rings. The van der Waals surface area contributed by atoms with Crippen molar-refractivity contribution >= 4 is 12.1 Å². The predicted octanol–water partition coefficient (Wildman–Crippen LogP) is 0.784. The third-order valence-electron chi connectivity index (χ3n) is 1.07. The number of hydrogen-bond donors (Lipinski definition) is 1. The van der Waals surface area contributed by atoms with Crippen molar-refractivity contribution in [1.82, 2.24) is 5.32 Å². The molecule has 3 heteroatoms. The van der Waals surface area contributed by atoms with Gasteiger partial charge < -0.3 is 5.11 Å². The Morgan fingerprint density at radius 2 is 2.10 bits per heavy atom. The molecule has 0 fully saturated rings. The molecule has 3 nitrogen and oxygen atoms in total. The molecule has 0 atom stereocenters. The van der Waals surface area contributed by atoms with Crippen molar-refractivity contribution in [3.05, 3.63) is 24.3 Å². The number of benzene rings is 1. The molecule has 1 radical (unpaired) electrons. The van der Waals surface area contributed by atoms with Gasteiger partial charge in [0.05, 0.1) is 0 Å². The summed E-state index contributed by atoms with van der Waals surface area (Å²) < 4.78 is 0. The molecule has 10 heavy (non-hydrogen) atoms. The van der Waals surface area contributed by atoms with Gasteiger partial charge in [0.15, 0.2) is 0 Å². The molecule has 0 bridgehead atoms. The Labute approximate surface area is 58.3 Å². The van der Waals surface area contributed by atoms with Crippen LogP contribution in [0.25, 0.3) is 0 Å². The van der Waals surface area contributed by atoms with Crippen LogP contribution in [-0.2, 0) is 4.79 Å². The van der Waals surface area contributed by atoms with Crippen LogP contribution in [-0.4, -0.2) is 11.5 Å². The number of hydrogen-bond acceptors (Lipinski definition) is 2. The van der Waals surface area contributed by atoms with E-state index in [0.29, 0.717) is 12.1 Å². The second-order valence-corrected chi connectivity index (χ2v) is 1.72. The average molecular weight is 136 g/mol. The Kier molecular flexibility index (Phi) is 1.89. The van der Waals surface area contributed by atoms with Crippen LogP contribution in [0.4, 0.5) is 5.69 Å². The van der Waals surface area contributed by atoms with Crippen molar-refractivity contribution in [1.29, 1.82) is 0 Å². The second kappa shape index (κ2) is 2.87. The lowest BCUT2D eigenvalue weighted by molar-refractivity contribution is -0.108. The van der Waals surface area contributed by atoms with Gasteiger partial charge in [-0.15, -0.1) is 0 Å². The van der Waals surface area contributed by atoms with E-state index in [1.165, 1.54) is 6.07 Å². The third-order valence-corrected chi connectivity index (χ3v) is 1.07. The Balaban J connectivity index is 2.91. The van der Waals surface area contributed by atoms with Crippen molar-refractivity contribution in [2.45, 2.75) is 0 Å². The topological polar surface area (TPSA) is 51.4 Å². The molecule has 1 rings (SSSR count). The van der Waals surface area contributed by atoms with Crippen LogP contribution in [0, 0.1) is 0 Å². The Hall–Kier alpha value is -1.51. The molecule has 0 aromatic heterocycles. The zero-order valence-electron chi connectivity index (χ0n) is 5.19. The summed E-state index contributed by atoms with van der Waals surface area (Å²) in [7, 11) is 0. The summed E-state index contributed by atoms with van der Waals surface area (Å²) in [6, 6.07) is 6.40. The molecule has 51 valence electrons. The first-order valence-corrected chi connectivity index (χ1v) is 2.77. The van der Waals surface area contributed by atoms with E-state index in [1.54, 1.807) is 18.2 Å². The second-order valence-electron chi connectivity index (χ2n) is 1.72. The average Bonchev–Trinajstić information content (AvgIpc) is 1.94. The summed E-state index contributed by atoms with van der Waals surface area (Å²) >= 11 is 0. The van der Waals surface area contributed by atoms with Crippen molar-refractivity contribution < 1.29 is 9.90 Å². The Morgan fingerprint density at radius 1 is 1.40 bits per heavy atom. The Morgan fingerprint density at radius 3 is 2.70 bits per heavy atom. The van der Waals surface area contributed by atoms with Crippen LogP contribution in [0.2, 0.25) is 0 Å². The first-order valence-electron chi connectivity index (χ1n) is 2.77. The molecule has 0 heterocycles. The highest BCUT2D eigenvalue weighted by Crippen LogP contribution is 2.20. The van der Waals surface area contributed by atoms with Crippen LogP contribution < -0.4 is 5.32 Å². The molecular weight excluding hydrogens is 130 g/mol. The highest BCUT2D eigenvalue weighted by atomic mass is 16.3. The number of para-hydroxylation sites is 2. The van der Waals surface area contributed by atoms with Gasteiger partial charge in [0.1, 0.15) is 11.4 Å². The molecule has 1 N–H and O–H groups in total. The number of phenols is 1. The number of aromatic hydroxyl groups is 1. The maximum absolute atomic E-state index is 9.85. The molecule has 1 amide bonds. The summed E-state index contributed by atoms with van der Waals surface area (Å²) in [4.78, 5) is 9.85. The molecule has 0 saturated heterocycles. The van der Waals surface area contributed by atoms with Crippen LogP contribution in [0.3, 0.4) is 0 Å². The lowest BCUT2D eigenvalue weighted by Crippen LogP contribution is -1.91. The van der Waals surface area contributed by atoms with Gasteiger partial charge >= 0.3 is 0 Å². The molecular formula is C7H6NO2. The lowest BCUT2D eigenvalue weighted by atomic mass is 10.3. The summed E-state index contributed by atoms with van der Waals surface area (Å²) in [6.45, 7) is 0. The molecule has 0 aliphatic heterocycles. The lowest BCUT2D eigenvalue weighted by Gasteiger charge is -1.96. The summed E-state index contributed by atoms with van der Waals surface area (Å²) in [5.74, 6) is 0.0228. The van der Waals surface area contributed by atoms with E-state index in [-0.39, 0.29) is 5.75 Å². The van der Waals surface area contributed by atoms with Crippen LogP contribution in [0.1, 0.15) is 0 Å². The van der Waals surface area contributed by atoms with Crippen molar-refractivity contribution in [3.8, 4) is 5.75 Å². The van der Waals surface area contributed by atoms with E-state index >= 15 is 0 Å². The monoisotopic (exact) mass is 136 g/mol. The normalized spacial score (nSPS) is 8.80. The molecule has 0 saturated carbocycles. The number of amides is 1. The highest BCUT2D eigenvalue weighted by molar-refractivity contribution is 5.63. The van der Waals surface area contributed by atoms with Gasteiger partial charge in [-0.25, -0.2) is 5.32 Å². The molecule has 0 spiro atoms. The summed E-state index contributed by atoms with van der Waals surface area (Å²) in [5, 5.41) is 12.4. The van der Waals surface area contributed by atoms with E-state index in [9.17, 15) is 4.79 Å². The number of carbonyl (C=O) groups is 1. The summed E-state index contributed by atoms with van der Waals surface area (Å²) in [5.41, 5.74) is 0.303. The van der Waals surface area contributed by atoms with Crippen molar-refractivity contribution in [3.63, 3.8) is 0 Å². The van der Waals surface area contributed by atoms with Gasteiger partial charge in [-0.05, 0) is 12.1 Å². The molecule has 1 aromatic carbocycles. The number of phenolic OH excluding ortho intramolecular Hbond substituents is 1. The SMILES string of the molecule is O=C[N]c1ccccc1O. The van der Waals surface area contributed by atoms with Crippen LogP contribution in [0.5, 0.6) is 5.75 Å². The van der Waals surface area contributed by atoms with Crippen molar-refractivity contribution in [2.75, 3.05) is 0 Å². The minimum absolute atomic E-state index is 0.0228. The van der Waals surface area contributed by atoms with Gasteiger partial charge in [-0.1, -0.05) is 12.1 Å². The first kappa shape index (κ1) is 6.61. The van der Waals surface area contributed by atoms with E-state index in [1.807, 2.05) is 0 Å². The zero-order chi connectivity index (χ0) is 7.40.